The number of aliphatic carboxylic acids is 1. The van der Waals surface area contributed by atoms with Crippen LogP contribution in [0.4, 0.5) is 0 Å². The molecule has 21 heavy (non-hydrogen) atoms. The fourth-order valence-electron chi connectivity index (χ4n) is 1.83. The zero-order chi connectivity index (χ0) is 15.8. The van der Waals surface area contributed by atoms with Crippen molar-refractivity contribution >= 4 is 23.5 Å². The van der Waals surface area contributed by atoms with E-state index in [4.69, 9.17) is 21.4 Å². The molecule has 0 heterocycles. The molecule has 1 aromatic rings. The standard InChI is InChI=1S/C15H20ClNO4/c1-11(2)17(9-3-4-15(19)20)14(18)10-21-13-7-5-12(16)6-8-13/h5-8,11H,3-4,9-10H2,1-2H3,(H,19,20). The predicted octanol–water partition coefficient (Wildman–Crippen LogP) is 2.82. The predicted molar refractivity (Wildman–Crippen MR) is 80.7 cm³/mol. The summed E-state index contributed by atoms with van der Waals surface area (Å²) >= 11 is 5.77. The number of carboxylic acid groups (broad SMARTS) is 1. The van der Waals surface area contributed by atoms with Crippen molar-refractivity contribution in [3.63, 3.8) is 0 Å². The maximum Gasteiger partial charge on any atom is 0.303 e. The van der Waals surface area contributed by atoms with Gasteiger partial charge in [0, 0.05) is 24.0 Å². The molecule has 5 nitrogen and oxygen atoms in total. The van der Waals surface area contributed by atoms with Gasteiger partial charge in [0.25, 0.3) is 5.91 Å². The third-order valence-electron chi connectivity index (χ3n) is 2.91. The van der Waals surface area contributed by atoms with Gasteiger partial charge < -0.3 is 14.7 Å². The van der Waals surface area contributed by atoms with Crippen LogP contribution in [0.3, 0.4) is 0 Å². The maximum atomic E-state index is 12.1. The van der Waals surface area contributed by atoms with Crippen molar-refractivity contribution in [3.8, 4) is 5.75 Å². The number of halogens is 1. The molecule has 0 aliphatic heterocycles. The normalized spacial score (nSPS) is 10.5. The Kier molecular flexibility index (Phi) is 7.02. The van der Waals surface area contributed by atoms with Gasteiger partial charge in [0.1, 0.15) is 5.75 Å². The molecule has 1 N–H and O–H groups in total. The number of carbonyl (C=O) groups is 2. The second-order valence-electron chi connectivity index (χ2n) is 4.92. The topological polar surface area (TPSA) is 66.8 Å². The van der Waals surface area contributed by atoms with E-state index < -0.39 is 5.97 Å². The summed E-state index contributed by atoms with van der Waals surface area (Å²) < 4.78 is 5.42. The Hall–Kier alpha value is -1.75. The molecule has 116 valence electrons. The summed E-state index contributed by atoms with van der Waals surface area (Å²) in [5.41, 5.74) is 0. The van der Waals surface area contributed by atoms with E-state index in [1.54, 1.807) is 29.2 Å². The summed E-state index contributed by atoms with van der Waals surface area (Å²) in [7, 11) is 0. The Balaban J connectivity index is 2.48. The largest absolute Gasteiger partial charge is 0.484 e. The molecule has 0 aromatic heterocycles. The molecular weight excluding hydrogens is 294 g/mol. The van der Waals surface area contributed by atoms with Gasteiger partial charge in [-0.3, -0.25) is 9.59 Å². The van der Waals surface area contributed by atoms with Crippen LogP contribution in [0.1, 0.15) is 26.7 Å². The van der Waals surface area contributed by atoms with E-state index in [0.29, 0.717) is 23.7 Å². The van der Waals surface area contributed by atoms with Crippen molar-refractivity contribution in [1.82, 2.24) is 4.90 Å². The van der Waals surface area contributed by atoms with Gasteiger partial charge in [-0.25, -0.2) is 0 Å². The SMILES string of the molecule is CC(C)N(CCCC(=O)O)C(=O)COc1ccc(Cl)cc1. The second-order valence-corrected chi connectivity index (χ2v) is 5.36. The lowest BCUT2D eigenvalue weighted by Gasteiger charge is -2.26. The van der Waals surface area contributed by atoms with Gasteiger partial charge in [0.15, 0.2) is 6.61 Å². The molecule has 0 fully saturated rings. The van der Waals surface area contributed by atoms with Crippen LogP contribution < -0.4 is 4.74 Å². The number of carboxylic acids is 1. The molecule has 0 saturated heterocycles. The zero-order valence-electron chi connectivity index (χ0n) is 12.2. The molecular formula is C15H20ClNO4. The summed E-state index contributed by atoms with van der Waals surface area (Å²) in [5.74, 6) is -0.448. The van der Waals surface area contributed by atoms with Gasteiger partial charge in [-0.1, -0.05) is 11.6 Å². The summed E-state index contributed by atoms with van der Waals surface area (Å²) in [5, 5.41) is 9.24. The van der Waals surface area contributed by atoms with Gasteiger partial charge in [-0.05, 0) is 44.5 Å². The lowest BCUT2D eigenvalue weighted by Crippen LogP contribution is -2.40. The van der Waals surface area contributed by atoms with Crippen molar-refractivity contribution in [2.24, 2.45) is 0 Å². The quantitative estimate of drug-likeness (QED) is 0.801. The monoisotopic (exact) mass is 313 g/mol. The second kappa shape index (κ2) is 8.52. The van der Waals surface area contributed by atoms with E-state index in [-0.39, 0.29) is 25.0 Å². The maximum absolute atomic E-state index is 12.1. The van der Waals surface area contributed by atoms with Crippen molar-refractivity contribution in [2.75, 3.05) is 13.2 Å². The first-order chi connectivity index (χ1) is 9.90. The number of amides is 1. The molecule has 6 heteroatoms. The average molecular weight is 314 g/mol. The molecule has 1 rings (SSSR count). The smallest absolute Gasteiger partial charge is 0.303 e. The van der Waals surface area contributed by atoms with E-state index in [2.05, 4.69) is 0 Å². The molecule has 0 aliphatic rings. The molecule has 0 atom stereocenters. The highest BCUT2D eigenvalue weighted by molar-refractivity contribution is 6.30. The molecule has 0 bridgehead atoms. The van der Waals surface area contributed by atoms with Crippen LogP contribution >= 0.6 is 11.6 Å². The molecule has 1 amide bonds. The van der Waals surface area contributed by atoms with Gasteiger partial charge in [0.2, 0.25) is 0 Å². The Bertz CT molecular complexity index is 473. The Morgan fingerprint density at radius 1 is 1.29 bits per heavy atom. The first-order valence-corrected chi connectivity index (χ1v) is 7.17. The number of rotatable bonds is 8. The van der Waals surface area contributed by atoms with Gasteiger partial charge in [0.05, 0.1) is 0 Å². The fraction of sp³-hybridized carbons (Fsp3) is 0.467. The van der Waals surface area contributed by atoms with Crippen LogP contribution in [-0.2, 0) is 9.59 Å². The minimum absolute atomic E-state index is 0.000104. The number of nitrogens with zero attached hydrogens (tertiary/aromatic N) is 1. The van der Waals surface area contributed by atoms with E-state index in [0.717, 1.165) is 0 Å². The van der Waals surface area contributed by atoms with Gasteiger partial charge in [-0.2, -0.15) is 0 Å². The lowest BCUT2D eigenvalue weighted by atomic mass is 10.2. The summed E-state index contributed by atoms with van der Waals surface area (Å²) in [6.45, 7) is 4.11. The molecule has 0 aliphatic carbocycles. The average Bonchev–Trinajstić information content (AvgIpc) is 2.42. The Morgan fingerprint density at radius 2 is 1.90 bits per heavy atom. The Labute approximate surface area is 129 Å². The van der Waals surface area contributed by atoms with Crippen LogP contribution in [-0.4, -0.2) is 41.1 Å². The van der Waals surface area contributed by atoms with Gasteiger partial charge >= 0.3 is 5.97 Å². The third-order valence-corrected chi connectivity index (χ3v) is 3.16. The summed E-state index contributed by atoms with van der Waals surface area (Å²) in [6.07, 6.45) is 0.481. The van der Waals surface area contributed by atoms with Crippen LogP contribution in [0.5, 0.6) is 5.75 Å². The van der Waals surface area contributed by atoms with Crippen molar-refractivity contribution < 1.29 is 19.4 Å². The van der Waals surface area contributed by atoms with Crippen molar-refractivity contribution in [1.29, 1.82) is 0 Å². The molecule has 0 spiro atoms. The summed E-state index contributed by atoms with van der Waals surface area (Å²) in [4.78, 5) is 24.3. The first kappa shape index (κ1) is 17.3. The molecule has 1 aromatic carbocycles. The van der Waals surface area contributed by atoms with E-state index >= 15 is 0 Å². The van der Waals surface area contributed by atoms with Gasteiger partial charge in [-0.15, -0.1) is 0 Å². The number of hydrogen-bond acceptors (Lipinski definition) is 3. The van der Waals surface area contributed by atoms with Crippen molar-refractivity contribution in [3.05, 3.63) is 29.3 Å². The van der Waals surface area contributed by atoms with Crippen LogP contribution in [0.25, 0.3) is 0 Å². The number of benzene rings is 1. The Morgan fingerprint density at radius 3 is 2.43 bits per heavy atom. The highest BCUT2D eigenvalue weighted by Crippen LogP contribution is 2.15. The molecule has 0 radical (unpaired) electrons. The highest BCUT2D eigenvalue weighted by Gasteiger charge is 2.17. The molecule has 0 saturated carbocycles. The van der Waals surface area contributed by atoms with Crippen LogP contribution in [0.15, 0.2) is 24.3 Å². The van der Waals surface area contributed by atoms with E-state index in [9.17, 15) is 9.59 Å². The minimum atomic E-state index is -0.858. The zero-order valence-corrected chi connectivity index (χ0v) is 13.0. The van der Waals surface area contributed by atoms with Crippen molar-refractivity contribution in [2.45, 2.75) is 32.7 Å². The lowest BCUT2D eigenvalue weighted by molar-refractivity contribution is -0.139. The van der Waals surface area contributed by atoms with Crippen LogP contribution in [0.2, 0.25) is 5.02 Å². The van der Waals surface area contributed by atoms with E-state index in [1.165, 1.54) is 0 Å². The first-order valence-electron chi connectivity index (χ1n) is 6.79. The fourth-order valence-corrected chi connectivity index (χ4v) is 1.96. The summed E-state index contributed by atoms with van der Waals surface area (Å²) in [6, 6.07) is 6.77. The molecule has 0 unspecified atom stereocenters. The third kappa shape index (κ3) is 6.49. The minimum Gasteiger partial charge on any atom is -0.484 e. The highest BCUT2D eigenvalue weighted by atomic mass is 35.5. The number of hydrogen-bond donors (Lipinski definition) is 1. The number of carbonyl (C=O) groups excluding carboxylic acids is 1. The number of ether oxygens (including phenoxy) is 1. The van der Waals surface area contributed by atoms with Crippen LogP contribution in [0, 0.1) is 0 Å². The van der Waals surface area contributed by atoms with E-state index in [1.807, 2.05) is 13.8 Å².